The van der Waals surface area contributed by atoms with E-state index in [1.54, 1.807) is 32.2 Å². The second kappa shape index (κ2) is 9.54. The molecule has 0 atom stereocenters. The van der Waals surface area contributed by atoms with Crippen LogP contribution in [0.15, 0.2) is 48.5 Å². The standard InChI is InChI=1S/C19H24N2O4/c1-21(14-15-8-10-16(24-3)11-9-15)19(22)20-17-6-4-5-7-18(17)25-13-12-23-2/h4-11H,12-14H2,1-3H3,(H,20,22). The van der Waals surface area contributed by atoms with E-state index in [1.165, 1.54) is 0 Å². The molecule has 0 aliphatic carbocycles. The van der Waals surface area contributed by atoms with Crippen molar-refractivity contribution in [2.24, 2.45) is 0 Å². The van der Waals surface area contributed by atoms with Gasteiger partial charge in [0.2, 0.25) is 0 Å². The second-order valence-corrected chi connectivity index (χ2v) is 5.47. The minimum Gasteiger partial charge on any atom is -0.497 e. The van der Waals surface area contributed by atoms with E-state index in [2.05, 4.69) is 5.32 Å². The van der Waals surface area contributed by atoms with Crippen LogP contribution in [0.4, 0.5) is 10.5 Å². The van der Waals surface area contributed by atoms with Gasteiger partial charge >= 0.3 is 6.03 Å². The summed E-state index contributed by atoms with van der Waals surface area (Å²) in [7, 11) is 4.99. The van der Waals surface area contributed by atoms with E-state index >= 15 is 0 Å². The zero-order valence-electron chi connectivity index (χ0n) is 14.8. The Labute approximate surface area is 148 Å². The lowest BCUT2D eigenvalue weighted by Crippen LogP contribution is -2.31. The van der Waals surface area contributed by atoms with Crippen LogP contribution in [-0.2, 0) is 11.3 Å². The number of anilines is 1. The number of hydrogen-bond acceptors (Lipinski definition) is 4. The molecule has 2 rings (SSSR count). The highest BCUT2D eigenvalue weighted by Gasteiger charge is 2.12. The molecule has 0 fully saturated rings. The fraction of sp³-hybridized carbons (Fsp3) is 0.316. The molecule has 0 saturated carbocycles. The van der Waals surface area contributed by atoms with Gasteiger partial charge in [-0.05, 0) is 29.8 Å². The summed E-state index contributed by atoms with van der Waals surface area (Å²) in [6.07, 6.45) is 0. The second-order valence-electron chi connectivity index (χ2n) is 5.47. The highest BCUT2D eigenvalue weighted by molar-refractivity contribution is 5.90. The fourth-order valence-electron chi connectivity index (χ4n) is 2.22. The minimum absolute atomic E-state index is 0.210. The van der Waals surface area contributed by atoms with Crippen molar-refractivity contribution in [3.05, 3.63) is 54.1 Å². The Bertz CT molecular complexity index is 673. The van der Waals surface area contributed by atoms with E-state index in [0.717, 1.165) is 11.3 Å². The third-order valence-electron chi connectivity index (χ3n) is 3.60. The van der Waals surface area contributed by atoms with Crippen molar-refractivity contribution in [3.63, 3.8) is 0 Å². The van der Waals surface area contributed by atoms with Crippen molar-refractivity contribution in [1.29, 1.82) is 0 Å². The molecule has 1 N–H and O–H groups in total. The van der Waals surface area contributed by atoms with E-state index in [1.807, 2.05) is 42.5 Å². The first-order valence-electron chi connectivity index (χ1n) is 8.00. The monoisotopic (exact) mass is 344 g/mol. The summed E-state index contributed by atoms with van der Waals surface area (Å²) in [5.41, 5.74) is 1.65. The highest BCUT2D eigenvalue weighted by atomic mass is 16.5. The largest absolute Gasteiger partial charge is 0.497 e. The van der Waals surface area contributed by atoms with Gasteiger partial charge in [-0.3, -0.25) is 0 Å². The van der Waals surface area contributed by atoms with Gasteiger partial charge in [-0.1, -0.05) is 24.3 Å². The number of ether oxygens (including phenoxy) is 3. The number of carbonyl (C=O) groups is 1. The van der Waals surface area contributed by atoms with Gasteiger partial charge in [0.25, 0.3) is 0 Å². The maximum Gasteiger partial charge on any atom is 0.321 e. The van der Waals surface area contributed by atoms with Crippen molar-refractivity contribution < 1.29 is 19.0 Å². The number of benzene rings is 2. The lowest BCUT2D eigenvalue weighted by molar-refractivity contribution is 0.146. The molecule has 2 aromatic carbocycles. The van der Waals surface area contributed by atoms with Crippen LogP contribution in [0.2, 0.25) is 0 Å². The number of para-hydroxylation sites is 2. The molecule has 2 amide bonds. The van der Waals surface area contributed by atoms with Crippen LogP contribution < -0.4 is 14.8 Å². The number of rotatable bonds is 8. The van der Waals surface area contributed by atoms with Crippen LogP contribution in [-0.4, -0.2) is 45.4 Å². The Morgan fingerprint density at radius 2 is 1.76 bits per heavy atom. The Morgan fingerprint density at radius 1 is 1.04 bits per heavy atom. The number of hydrogen-bond donors (Lipinski definition) is 1. The van der Waals surface area contributed by atoms with Crippen LogP contribution in [0.1, 0.15) is 5.56 Å². The van der Waals surface area contributed by atoms with Crippen LogP contribution in [0.25, 0.3) is 0 Å². The van der Waals surface area contributed by atoms with Gasteiger partial charge in [-0.2, -0.15) is 0 Å². The van der Waals surface area contributed by atoms with Crippen molar-refractivity contribution in [1.82, 2.24) is 4.90 Å². The molecule has 25 heavy (non-hydrogen) atoms. The molecule has 0 saturated heterocycles. The molecule has 0 heterocycles. The first-order chi connectivity index (χ1) is 12.1. The van der Waals surface area contributed by atoms with Crippen molar-refractivity contribution >= 4 is 11.7 Å². The molecular formula is C19H24N2O4. The van der Waals surface area contributed by atoms with Gasteiger partial charge < -0.3 is 24.4 Å². The molecule has 2 aromatic rings. The average molecular weight is 344 g/mol. The minimum atomic E-state index is -0.210. The van der Waals surface area contributed by atoms with Crippen molar-refractivity contribution in [2.45, 2.75) is 6.54 Å². The summed E-state index contributed by atoms with van der Waals surface area (Å²) < 4.78 is 15.7. The third-order valence-corrected chi connectivity index (χ3v) is 3.60. The van der Waals surface area contributed by atoms with Gasteiger partial charge in [-0.15, -0.1) is 0 Å². The quantitative estimate of drug-likeness (QED) is 0.746. The van der Waals surface area contributed by atoms with Crippen molar-refractivity contribution in [2.75, 3.05) is 39.8 Å². The average Bonchev–Trinajstić information content (AvgIpc) is 2.64. The van der Waals surface area contributed by atoms with E-state index in [-0.39, 0.29) is 6.03 Å². The van der Waals surface area contributed by atoms with Gasteiger partial charge in [0.05, 0.1) is 19.4 Å². The smallest absolute Gasteiger partial charge is 0.321 e. The van der Waals surface area contributed by atoms with Crippen LogP contribution in [0.5, 0.6) is 11.5 Å². The lowest BCUT2D eigenvalue weighted by atomic mass is 10.2. The van der Waals surface area contributed by atoms with Gasteiger partial charge in [-0.25, -0.2) is 4.79 Å². The fourth-order valence-corrected chi connectivity index (χ4v) is 2.22. The number of carbonyl (C=O) groups excluding carboxylic acids is 1. The molecule has 0 aromatic heterocycles. The van der Waals surface area contributed by atoms with Crippen LogP contribution >= 0.6 is 0 Å². The maximum absolute atomic E-state index is 12.4. The molecule has 134 valence electrons. The van der Waals surface area contributed by atoms with Gasteiger partial charge in [0, 0.05) is 20.7 Å². The maximum atomic E-state index is 12.4. The number of nitrogens with zero attached hydrogens (tertiary/aromatic N) is 1. The SMILES string of the molecule is COCCOc1ccccc1NC(=O)N(C)Cc1ccc(OC)cc1. The Morgan fingerprint density at radius 3 is 2.44 bits per heavy atom. The topological polar surface area (TPSA) is 60.0 Å². The molecule has 0 spiro atoms. The number of nitrogens with one attached hydrogen (secondary N) is 1. The molecule has 0 aliphatic rings. The first-order valence-corrected chi connectivity index (χ1v) is 8.00. The summed E-state index contributed by atoms with van der Waals surface area (Å²) in [4.78, 5) is 14.0. The highest BCUT2D eigenvalue weighted by Crippen LogP contribution is 2.24. The summed E-state index contributed by atoms with van der Waals surface area (Å²) in [5, 5.41) is 2.88. The zero-order chi connectivity index (χ0) is 18.1. The summed E-state index contributed by atoms with van der Waals surface area (Å²) >= 11 is 0. The summed E-state index contributed by atoms with van der Waals surface area (Å²) in [6, 6.07) is 14.7. The molecule has 0 aliphatic heterocycles. The zero-order valence-corrected chi connectivity index (χ0v) is 14.8. The van der Waals surface area contributed by atoms with E-state index in [0.29, 0.717) is 31.2 Å². The molecule has 0 bridgehead atoms. The number of amides is 2. The number of methoxy groups -OCH3 is 2. The molecule has 0 radical (unpaired) electrons. The molecule has 6 nitrogen and oxygen atoms in total. The third kappa shape index (κ3) is 5.69. The van der Waals surface area contributed by atoms with Gasteiger partial charge in [0.1, 0.15) is 18.1 Å². The Hall–Kier alpha value is -2.73. The lowest BCUT2D eigenvalue weighted by Gasteiger charge is -2.19. The molecular weight excluding hydrogens is 320 g/mol. The normalized spacial score (nSPS) is 10.2. The summed E-state index contributed by atoms with van der Waals surface area (Å²) in [6.45, 7) is 1.40. The van der Waals surface area contributed by atoms with Gasteiger partial charge in [0.15, 0.2) is 0 Å². The van der Waals surface area contributed by atoms with Crippen LogP contribution in [0, 0.1) is 0 Å². The predicted molar refractivity (Wildman–Crippen MR) is 97.3 cm³/mol. The first kappa shape index (κ1) is 18.6. The molecule has 0 unspecified atom stereocenters. The van der Waals surface area contributed by atoms with E-state index in [4.69, 9.17) is 14.2 Å². The number of urea groups is 1. The Balaban J connectivity index is 1.96. The summed E-state index contributed by atoms with van der Waals surface area (Å²) in [5.74, 6) is 1.41. The van der Waals surface area contributed by atoms with Crippen LogP contribution in [0.3, 0.4) is 0 Å². The Kier molecular flexibility index (Phi) is 7.10. The van der Waals surface area contributed by atoms with E-state index in [9.17, 15) is 4.79 Å². The van der Waals surface area contributed by atoms with Crippen molar-refractivity contribution in [3.8, 4) is 11.5 Å². The van der Waals surface area contributed by atoms with E-state index < -0.39 is 0 Å². The molecule has 6 heteroatoms. The predicted octanol–water partition coefficient (Wildman–Crippen LogP) is 3.38.